The lowest BCUT2D eigenvalue weighted by Gasteiger charge is -2.30. The summed E-state index contributed by atoms with van der Waals surface area (Å²) in [5, 5.41) is 2.33. The molecule has 7 nitrogen and oxygen atoms in total. The second-order valence-corrected chi connectivity index (χ2v) is 7.53. The van der Waals surface area contributed by atoms with Gasteiger partial charge in [0.2, 0.25) is 11.8 Å². The third-order valence-electron chi connectivity index (χ3n) is 5.54. The number of amides is 3. The lowest BCUT2D eigenvalue weighted by Crippen LogP contribution is -2.52. The number of hydrogen-bond donors (Lipinski definition) is 2. The van der Waals surface area contributed by atoms with Crippen molar-refractivity contribution in [2.45, 2.75) is 50.9 Å². The Kier molecular flexibility index (Phi) is 4.50. The second-order valence-electron chi connectivity index (χ2n) is 7.53. The molecular formula is C19H24N4O3. The van der Waals surface area contributed by atoms with Gasteiger partial charge >= 0.3 is 0 Å². The maximum absolute atomic E-state index is 12.8. The summed E-state index contributed by atoms with van der Waals surface area (Å²) in [6.45, 7) is 3.12. The molecule has 26 heavy (non-hydrogen) atoms. The number of hydrogen-bond acceptors (Lipinski definition) is 5. The zero-order chi connectivity index (χ0) is 18.3. The van der Waals surface area contributed by atoms with E-state index in [1.54, 1.807) is 4.90 Å². The maximum atomic E-state index is 12.8. The van der Waals surface area contributed by atoms with Crippen LogP contribution in [0.5, 0.6) is 0 Å². The van der Waals surface area contributed by atoms with E-state index >= 15 is 0 Å². The van der Waals surface area contributed by atoms with Crippen LogP contribution < -0.4 is 11.1 Å². The van der Waals surface area contributed by atoms with Crippen molar-refractivity contribution in [3.05, 3.63) is 34.9 Å². The van der Waals surface area contributed by atoms with E-state index in [1.165, 1.54) is 0 Å². The number of fused-ring (bicyclic) bond motifs is 1. The molecule has 0 radical (unpaired) electrons. The number of imide groups is 1. The van der Waals surface area contributed by atoms with Gasteiger partial charge in [-0.15, -0.1) is 0 Å². The van der Waals surface area contributed by atoms with Crippen molar-refractivity contribution in [2.24, 2.45) is 5.73 Å². The number of carbonyl (C=O) groups is 3. The van der Waals surface area contributed by atoms with E-state index in [2.05, 4.69) is 16.3 Å². The van der Waals surface area contributed by atoms with E-state index in [0.717, 1.165) is 43.6 Å². The molecule has 0 spiro atoms. The largest absolute Gasteiger partial charge is 0.327 e. The molecule has 3 N–H and O–H groups in total. The van der Waals surface area contributed by atoms with Crippen LogP contribution in [0.25, 0.3) is 0 Å². The van der Waals surface area contributed by atoms with Gasteiger partial charge in [0.05, 0.1) is 0 Å². The fourth-order valence-electron chi connectivity index (χ4n) is 4.19. The molecule has 3 aliphatic rings. The summed E-state index contributed by atoms with van der Waals surface area (Å²) in [6, 6.07) is 5.65. The van der Waals surface area contributed by atoms with Crippen molar-refractivity contribution in [2.75, 3.05) is 13.1 Å². The van der Waals surface area contributed by atoms with Gasteiger partial charge in [0.15, 0.2) is 0 Å². The molecule has 4 rings (SSSR count). The van der Waals surface area contributed by atoms with Gasteiger partial charge in [-0.1, -0.05) is 12.1 Å². The first kappa shape index (κ1) is 17.2. The summed E-state index contributed by atoms with van der Waals surface area (Å²) >= 11 is 0. The van der Waals surface area contributed by atoms with Gasteiger partial charge in [-0.25, -0.2) is 0 Å². The van der Waals surface area contributed by atoms with Gasteiger partial charge in [-0.2, -0.15) is 0 Å². The number of nitrogens with one attached hydrogen (secondary N) is 1. The highest BCUT2D eigenvalue weighted by molar-refractivity contribution is 6.05. The van der Waals surface area contributed by atoms with Crippen molar-refractivity contribution in [1.29, 1.82) is 0 Å². The summed E-state index contributed by atoms with van der Waals surface area (Å²) in [5.41, 5.74) is 8.76. The standard InChI is InChI=1S/C19H24N4O3/c20-14-2-1-7-22(11-14)9-12-3-4-13-10-23(19(26)15(13)8-12)16-5-6-17(24)21-18(16)25/h3-4,8,14,16H,1-2,5-7,9-11,20H2,(H,21,24,25)/t14-,16?/m0/s1. The lowest BCUT2D eigenvalue weighted by atomic mass is 10.0. The third-order valence-corrected chi connectivity index (χ3v) is 5.54. The molecule has 0 bridgehead atoms. The quantitative estimate of drug-likeness (QED) is 0.763. The lowest BCUT2D eigenvalue weighted by molar-refractivity contribution is -0.136. The number of carbonyl (C=O) groups excluding carboxylic acids is 3. The summed E-state index contributed by atoms with van der Waals surface area (Å²) < 4.78 is 0. The van der Waals surface area contributed by atoms with Gasteiger partial charge in [0.25, 0.3) is 5.91 Å². The second kappa shape index (κ2) is 6.81. The predicted octanol–water partition coefficient (Wildman–Crippen LogP) is 0.371. The first-order chi connectivity index (χ1) is 12.5. The van der Waals surface area contributed by atoms with Gasteiger partial charge in [0.1, 0.15) is 6.04 Å². The van der Waals surface area contributed by atoms with Gasteiger partial charge in [-0.3, -0.25) is 24.6 Å². The van der Waals surface area contributed by atoms with Gasteiger partial charge in [0, 0.05) is 37.7 Å². The number of rotatable bonds is 3. The van der Waals surface area contributed by atoms with E-state index in [1.807, 2.05) is 12.1 Å². The smallest absolute Gasteiger partial charge is 0.255 e. The molecular weight excluding hydrogens is 332 g/mol. The Morgan fingerprint density at radius 1 is 1.19 bits per heavy atom. The van der Waals surface area contributed by atoms with E-state index in [-0.39, 0.29) is 30.2 Å². The molecule has 3 heterocycles. The topological polar surface area (TPSA) is 95.7 Å². The number of benzene rings is 1. The first-order valence-electron chi connectivity index (χ1n) is 9.25. The molecule has 3 amide bonds. The fourth-order valence-corrected chi connectivity index (χ4v) is 4.19. The van der Waals surface area contributed by atoms with Gasteiger partial charge in [-0.05, 0) is 43.0 Å². The third kappa shape index (κ3) is 3.24. The molecule has 2 saturated heterocycles. The normalized spacial score (nSPS) is 26.8. The average molecular weight is 356 g/mol. The van der Waals surface area contributed by atoms with E-state index in [0.29, 0.717) is 18.5 Å². The van der Waals surface area contributed by atoms with Crippen LogP contribution in [0.15, 0.2) is 18.2 Å². The van der Waals surface area contributed by atoms with Crippen molar-refractivity contribution in [3.8, 4) is 0 Å². The molecule has 1 unspecified atom stereocenters. The van der Waals surface area contributed by atoms with Crippen molar-refractivity contribution < 1.29 is 14.4 Å². The zero-order valence-electron chi connectivity index (χ0n) is 14.7. The highest BCUT2D eigenvalue weighted by Crippen LogP contribution is 2.28. The van der Waals surface area contributed by atoms with Crippen LogP contribution in [0.1, 0.15) is 47.2 Å². The van der Waals surface area contributed by atoms with Crippen molar-refractivity contribution in [3.63, 3.8) is 0 Å². The highest BCUT2D eigenvalue weighted by Gasteiger charge is 2.39. The molecule has 7 heteroatoms. The average Bonchev–Trinajstić information content (AvgIpc) is 2.92. The Morgan fingerprint density at radius 3 is 2.81 bits per heavy atom. The Bertz CT molecular complexity index is 763. The van der Waals surface area contributed by atoms with Crippen LogP contribution in [0, 0.1) is 0 Å². The SMILES string of the molecule is N[C@H]1CCCN(Cc2ccc3c(c2)C(=O)N(C2CCC(=O)NC2=O)C3)C1. The molecule has 1 aromatic carbocycles. The van der Waals surface area contributed by atoms with Crippen molar-refractivity contribution >= 4 is 17.7 Å². The molecule has 0 saturated carbocycles. The molecule has 2 atom stereocenters. The van der Waals surface area contributed by atoms with E-state index < -0.39 is 6.04 Å². The Morgan fingerprint density at radius 2 is 2.04 bits per heavy atom. The molecule has 0 aromatic heterocycles. The summed E-state index contributed by atoms with van der Waals surface area (Å²) in [6.07, 6.45) is 2.84. The summed E-state index contributed by atoms with van der Waals surface area (Å²) in [4.78, 5) is 40.2. The Hall–Kier alpha value is -2.25. The zero-order valence-corrected chi connectivity index (χ0v) is 14.7. The van der Waals surface area contributed by atoms with Gasteiger partial charge < -0.3 is 10.6 Å². The molecule has 1 aromatic rings. The van der Waals surface area contributed by atoms with E-state index in [4.69, 9.17) is 5.73 Å². The number of nitrogens with zero attached hydrogens (tertiary/aromatic N) is 2. The molecule has 0 aliphatic carbocycles. The van der Waals surface area contributed by atoms with Crippen molar-refractivity contribution in [1.82, 2.24) is 15.1 Å². The van der Waals surface area contributed by atoms with Crippen LogP contribution >= 0.6 is 0 Å². The van der Waals surface area contributed by atoms with Crippen LogP contribution in [-0.4, -0.2) is 52.7 Å². The van der Waals surface area contributed by atoms with Crippen LogP contribution in [0.2, 0.25) is 0 Å². The molecule has 138 valence electrons. The highest BCUT2D eigenvalue weighted by atomic mass is 16.2. The van der Waals surface area contributed by atoms with Crippen LogP contribution in [0.3, 0.4) is 0 Å². The monoisotopic (exact) mass is 356 g/mol. The minimum atomic E-state index is -0.559. The number of nitrogens with two attached hydrogens (primary N) is 1. The predicted molar refractivity (Wildman–Crippen MR) is 95.0 cm³/mol. The fraction of sp³-hybridized carbons (Fsp3) is 0.526. The van der Waals surface area contributed by atoms with E-state index in [9.17, 15) is 14.4 Å². The number of piperidine rings is 2. The maximum Gasteiger partial charge on any atom is 0.255 e. The molecule has 2 fully saturated rings. The van der Waals surface area contributed by atoms with Crippen LogP contribution in [-0.2, 0) is 22.7 Å². The summed E-state index contributed by atoms with van der Waals surface area (Å²) in [7, 11) is 0. The molecule has 3 aliphatic heterocycles. The Balaban J connectivity index is 1.48. The van der Waals surface area contributed by atoms with Crippen LogP contribution in [0.4, 0.5) is 0 Å². The minimum absolute atomic E-state index is 0.119. The Labute approximate surface area is 152 Å². The number of likely N-dealkylation sites (tertiary alicyclic amines) is 1. The first-order valence-corrected chi connectivity index (χ1v) is 9.25. The minimum Gasteiger partial charge on any atom is -0.327 e. The summed E-state index contributed by atoms with van der Waals surface area (Å²) in [5.74, 6) is -0.755.